The fourth-order valence-corrected chi connectivity index (χ4v) is 10.6. The van der Waals surface area contributed by atoms with Crippen LogP contribution in [0.15, 0.2) is 11.1 Å². The standard InChI is InChI=1S/C30H44O3/c1-18(2)24-20(32)16-30(17-31)15-14-28(6)19(25(24)30)8-9-22-27(5)12-11-23(33)26(3,4)21(27)10-13-29(22,28)7/h17-19,21-22H,8-16H2,1-7H3/t19-,21+,22-,27+,28-,29-,30+/m1/s1. The molecule has 7 atom stereocenters. The van der Waals surface area contributed by atoms with Crippen molar-refractivity contribution in [2.45, 2.75) is 106 Å². The SMILES string of the molecule is CC(C)C1=C2[C@H]3CC[C@@H]4[C@@]5(C)CCC(=O)C(C)(C)[C@@H]5CC[C@@]4(C)[C@]3(C)CC[C@@]2(C=O)CC1=O. The molecule has 5 rings (SSSR count). The van der Waals surface area contributed by atoms with Crippen LogP contribution in [0.2, 0.25) is 0 Å². The summed E-state index contributed by atoms with van der Waals surface area (Å²) in [6.07, 6.45) is 9.69. The molecule has 4 saturated carbocycles. The Morgan fingerprint density at radius 1 is 0.848 bits per heavy atom. The van der Waals surface area contributed by atoms with Gasteiger partial charge in [0.2, 0.25) is 0 Å². The molecule has 0 aromatic rings. The van der Waals surface area contributed by atoms with Crippen LogP contribution in [0.3, 0.4) is 0 Å². The maximum absolute atomic E-state index is 13.2. The first-order chi connectivity index (χ1) is 15.3. The minimum Gasteiger partial charge on any atom is -0.302 e. The summed E-state index contributed by atoms with van der Waals surface area (Å²) in [6, 6.07) is 0. The summed E-state index contributed by atoms with van der Waals surface area (Å²) in [5, 5.41) is 0. The van der Waals surface area contributed by atoms with Gasteiger partial charge in [-0.2, -0.15) is 0 Å². The molecule has 5 aliphatic rings. The van der Waals surface area contributed by atoms with Crippen molar-refractivity contribution in [3.8, 4) is 0 Å². The number of carbonyl (C=O) groups excluding carboxylic acids is 3. The summed E-state index contributed by atoms with van der Waals surface area (Å²) in [5.74, 6) is 2.26. The van der Waals surface area contributed by atoms with Crippen LogP contribution >= 0.6 is 0 Å². The molecule has 0 heterocycles. The van der Waals surface area contributed by atoms with E-state index in [1.54, 1.807) is 0 Å². The molecule has 33 heavy (non-hydrogen) atoms. The zero-order valence-electron chi connectivity index (χ0n) is 22.0. The molecule has 0 bridgehead atoms. The highest BCUT2D eigenvalue weighted by Crippen LogP contribution is 2.76. The molecule has 0 aromatic carbocycles. The Balaban J connectivity index is 1.62. The molecule has 0 spiro atoms. The molecule has 0 saturated heterocycles. The average Bonchev–Trinajstić information content (AvgIpc) is 3.04. The predicted octanol–water partition coefficient (Wildman–Crippen LogP) is 6.74. The minimum absolute atomic E-state index is 0.0993. The molecule has 0 amide bonds. The lowest BCUT2D eigenvalue weighted by Gasteiger charge is -2.71. The first-order valence-electron chi connectivity index (χ1n) is 13.6. The fraction of sp³-hybridized carbons (Fsp3) is 0.833. The third-order valence-electron chi connectivity index (χ3n) is 12.5. The van der Waals surface area contributed by atoms with Gasteiger partial charge >= 0.3 is 0 Å². The van der Waals surface area contributed by atoms with Crippen LogP contribution in [-0.2, 0) is 14.4 Å². The highest BCUT2D eigenvalue weighted by molar-refractivity contribution is 6.03. The number of carbonyl (C=O) groups is 3. The van der Waals surface area contributed by atoms with Gasteiger partial charge in [0, 0.05) is 18.3 Å². The Hall–Kier alpha value is -1.25. The fourth-order valence-electron chi connectivity index (χ4n) is 10.6. The Kier molecular flexibility index (Phi) is 4.92. The molecule has 0 radical (unpaired) electrons. The molecular formula is C30H44O3. The van der Waals surface area contributed by atoms with Gasteiger partial charge in [0.15, 0.2) is 5.78 Å². The van der Waals surface area contributed by atoms with Gasteiger partial charge in [-0.1, -0.05) is 48.5 Å². The Labute approximate surface area is 200 Å². The van der Waals surface area contributed by atoms with E-state index in [-0.39, 0.29) is 33.4 Å². The van der Waals surface area contributed by atoms with Crippen LogP contribution < -0.4 is 0 Å². The maximum atomic E-state index is 13.2. The van der Waals surface area contributed by atoms with Gasteiger partial charge in [-0.3, -0.25) is 9.59 Å². The second-order valence-electron chi connectivity index (χ2n) is 14.1. The first-order valence-corrected chi connectivity index (χ1v) is 13.6. The molecular weight excluding hydrogens is 408 g/mol. The first kappa shape index (κ1) is 23.5. The minimum atomic E-state index is -0.537. The van der Waals surface area contributed by atoms with Crippen LogP contribution in [0.4, 0.5) is 0 Å². The maximum Gasteiger partial charge on any atom is 0.160 e. The number of ketones is 2. The van der Waals surface area contributed by atoms with Gasteiger partial charge in [-0.25, -0.2) is 0 Å². The van der Waals surface area contributed by atoms with Gasteiger partial charge in [0.1, 0.15) is 12.1 Å². The smallest absolute Gasteiger partial charge is 0.160 e. The summed E-state index contributed by atoms with van der Waals surface area (Å²) in [7, 11) is 0. The zero-order chi connectivity index (χ0) is 24.2. The highest BCUT2D eigenvalue weighted by Gasteiger charge is 2.69. The predicted molar refractivity (Wildman–Crippen MR) is 131 cm³/mol. The van der Waals surface area contributed by atoms with Crippen LogP contribution in [0.1, 0.15) is 106 Å². The average molecular weight is 453 g/mol. The van der Waals surface area contributed by atoms with Crippen LogP contribution in [-0.4, -0.2) is 17.9 Å². The number of fused-ring (bicyclic) bond motifs is 7. The molecule has 0 unspecified atom stereocenters. The number of hydrogen-bond acceptors (Lipinski definition) is 3. The van der Waals surface area contributed by atoms with Gasteiger partial charge in [0.05, 0.1) is 5.41 Å². The van der Waals surface area contributed by atoms with Gasteiger partial charge in [0.25, 0.3) is 0 Å². The molecule has 0 aromatic heterocycles. The summed E-state index contributed by atoms with van der Waals surface area (Å²) >= 11 is 0. The van der Waals surface area contributed by atoms with Crippen molar-refractivity contribution >= 4 is 17.9 Å². The molecule has 182 valence electrons. The molecule has 0 N–H and O–H groups in total. The third-order valence-corrected chi connectivity index (χ3v) is 12.5. The van der Waals surface area contributed by atoms with Gasteiger partial charge in [-0.15, -0.1) is 0 Å². The van der Waals surface area contributed by atoms with E-state index in [1.165, 1.54) is 5.57 Å². The number of Topliss-reactive ketones (excluding diaryl/α,β-unsaturated/α-hetero) is 2. The van der Waals surface area contributed by atoms with E-state index in [9.17, 15) is 14.4 Å². The topological polar surface area (TPSA) is 51.2 Å². The Morgan fingerprint density at radius 2 is 1.55 bits per heavy atom. The highest BCUT2D eigenvalue weighted by atomic mass is 16.1. The van der Waals surface area contributed by atoms with Crippen molar-refractivity contribution in [2.24, 2.45) is 50.7 Å². The second kappa shape index (κ2) is 6.91. The van der Waals surface area contributed by atoms with E-state index in [0.29, 0.717) is 30.0 Å². The lowest BCUT2D eigenvalue weighted by molar-refractivity contribution is -0.210. The van der Waals surface area contributed by atoms with Crippen molar-refractivity contribution in [2.75, 3.05) is 0 Å². The van der Waals surface area contributed by atoms with E-state index < -0.39 is 5.41 Å². The van der Waals surface area contributed by atoms with E-state index in [0.717, 1.165) is 63.2 Å². The van der Waals surface area contributed by atoms with E-state index in [4.69, 9.17) is 0 Å². The molecule has 3 nitrogen and oxygen atoms in total. The van der Waals surface area contributed by atoms with E-state index in [2.05, 4.69) is 48.5 Å². The summed E-state index contributed by atoms with van der Waals surface area (Å²) in [5.41, 5.74) is 1.94. The van der Waals surface area contributed by atoms with Gasteiger partial charge < -0.3 is 4.79 Å². The number of rotatable bonds is 2. The van der Waals surface area contributed by atoms with Crippen LogP contribution in [0.25, 0.3) is 0 Å². The van der Waals surface area contributed by atoms with Crippen molar-refractivity contribution in [3.63, 3.8) is 0 Å². The molecule has 0 aliphatic heterocycles. The van der Waals surface area contributed by atoms with E-state index in [1.807, 2.05) is 0 Å². The van der Waals surface area contributed by atoms with Crippen LogP contribution in [0.5, 0.6) is 0 Å². The number of allylic oxidation sites excluding steroid dienone is 2. The van der Waals surface area contributed by atoms with Crippen LogP contribution in [0, 0.1) is 50.7 Å². The summed E-state index contributed by atoms with van der Waals surface area (Å²) < 4.78 is 0. The number of aldehydes is 1. The molecule has 5 aliphatic carbocycles. The molecule has 4 fully saturated rings. The summed E-state index contributed by atoms with van der Waals surface area (Å²) in [6.45, 7) is 16.2. The van der Waals surface area contributed by atoms with Crippen molar-refractivity contribution in [3.05, 3.63) is 11.1 Å². The monoisotopic (exact) mass is 452 g/mol. The quantitative estimate of drug-likeness (QED) is 0.436. The Bertz CT molecular complexity index is 956. The summed E-state index contributed by atoms with van der Waals surface area (Å²) in [4.78, 5) is 38.6. The van der Waals surface area contributed by atoms with Gasteiger partial charge in [-0.05, 0) is 96.0 Å². The Morgan fingerprint density at radius 3 is 2.18 bits per heavy atom. The van der Waals surface area contributed by atoms with E-state index >= 15 is 0 Å². The van der Waals surface area contributed by atoms with Crippen molar-refractivity contribution in [1.82, 2.24) is 0 Å². The lowest BCUT2D eigenvalue weighted by atomic mass is 9.33. The zero-order valence-corrected chi connectivity index (χ0v) is 22.0. The van der Waals surface area contributed by atoms with Crippen molar-refractivity contribution < 1.29 is 14.4 Å². The lowest BCUT2D eigenvalue weighted by Crippen LogP contribution is -2.65. The molecule has 3 heteroatoms. The normalized spacial score (nSPS) is 48.8. The number of hydrogen-bond donors (Lipinski definition) is 0. The van der Waals surface area contributed by atoms with Crippen molar-refractivity contribution in [1.29, 1.82) is 0 Å². The second-order valence-corrected chi connectivity index (χ2v) is 14.1. The third kappa shape index (κ3) is 2.66. The largest absolute Gasteiger partial charge is 0.302 e.